The van der Waals surface area contributed by atoms with E-state index in [9.17, 15) is 9.59 Å². The maximum absolute atomic E-state index is 13.5. The van der Waals surface area contributed by atoms with Gasteiger partial charge >= 0.3 is 0 Å². The van der Waals surface area contributed by atoms with E-state index in [0.29, 0.717) is 5.69 Å². The summed E-state index contributed by atoms with van der Waals surface area (Å²) in [7, 11) is 0. The number of aromatic nitrogens is 1. The van der Waals surface area contributed by atoms with Gasteiger partial charge in [-0.15, -0.1) is 0 Å². The van der Waals surface area contributed by atoms with Gasteiger partial charge in [0.1, 0.15) is 5.57 Å². The third-order valence-electron chi connectivity index (χ3n) is 6.09. The van der Waals surface area contributed by atoms with E-state index in [1.165, 1.54) is 10.5 Å². The van der Waals surface area contributed by atoms with Crippen LogP contribution in [0.4, 0.5) is 5.69 Å². The van der Waals surface area contributed by atoms with Crippen LogP contribution in [0.1, 0.15) is 40.6 Å². The van der Waals surface area contributed by atoms with Crippen molar-refractivity contribution >= 4 is 40.9 Å². The molecule has 168 valence electrons. The molecule has 0 saturated carbocycles. The number of carbonyl (C=O) groups is 2. The lowest BCUT2D eigenvalue weighted by molar-refractivity contribution is -0.122. The van der Waals surface area contributed by atoms with Crippen molar-refractivity contribution in [2.75, 3.05) is 4.90 Å². The molecule has 2 heterocycles. The van der Waals surface area contributed by atoms with Crippen LogP contribution in [-0.2, 0) is 16.0 Å². The average molecular weight is 458 g/mol. The van der Waals surface area contributed by atoms with Crippen LogP contribution in [0.15, 0.2) is 54.1 Å². The molecule has 1 aliphatic rings. The SMILES string of the molecule is CCc1ccccc1-n1c(C)cc(/C=C2\C(=O)NC(=S)N(c3cc(C)ccc3C)C2=O)c1C. The Labute approximate surface area is 199 Å². The molecule has 1 fully saturated rings. The fourth-order valence-electron chi connectivity index (χ4n) is 4.32. The summed E-state index contributed by atoms with van der Waals surface area (Å²) in [5.41, 5.74) is 7.82. The molecule has 33 heavy (non-hydrogen) atoms. The number of nitrogens with one attached hydrogen (secondary N) is 1. The minimum absolute atomic E-state index is 0.0635. The Morgan fingerprint density at radius 3 is 2.42 bits per heavy atom. The molecular formula is C27H27N3O2S. The van der Waals surface area contributed by atoms with E-state index in [4.69, 9.17) is 12.2 Å². The number of aryl methyl sites for hydroxylation is 4. The largest absolute Gasteiger partial charge is 0.318 e. The molecule has 0 unspecified atom stereocenters. The Balaban J connectivity index is 1.80. The molecule has 1 saturated heterocycles. The summed E-state index contributed by atoms with van der Waals surface area (Å²) in [6.45, 7) is 10.0. The third-order valence-corrected chi connectivity index (χ3v) is 6.38. The van der Waals surface area contributed by atoms with Gasteiger partial charge in [0, 0.05) is 17.1 Å². The van der Waals surface area contributed by atoms with Gasteiger partial charge in [0.2, 0.25) is 0 Å². The first-order chi connectivity index (χ1) is 15.7. The molecule has 2 aromatic carbocycles. The topological polar surface area (TPSA) is 54.3 Å². The fourth-order valence-corrected chi connectivity index (χ4v) is 4.60. The highest BCUT2D eigenvalue weighted by atomic mass is 32.1. The molecule has 0 radical (unpaired) electrons. The Kier molecular flexibility index (Phi) is 6.04. The van der Waals surface area contributed by atoms with Gasteiger partial charge in [0.05, 0.1) is 5.69 Å². The van der Waals surface area contributed by atoms with Crippen molar-refractivity contribution < 1.29 is 9.59 Å². The molecule has 0 aliphatic carbocycles. The van der Waals surface area contributed by atoms with Gasteiger partial charge in [-0.25, -0.2) is 0 Å². The van der Waals surface area contributed by atoms with Crippen LogP contribution in [0.5, 0.6) is 0 Å². The highest BCUT2D eigenvalue weighted by Gasteiger charge is 2.35. The van der Waals surface area contributed by atoms with Gasteiger partial charge < -0.3 is 4.57 Å². The van der Waals surface area contributed by atoms with Crippen molar-refractivity contribution in [1.29, 1.82) is 0 Å². The predicted octanol–water partition coefficient (Wildman–Crippen LogP) is 5.10. The number of hydrogen-bond donors (Lipinski definition) is 1. The molecule has 1 aliphatic heterocycles. The zero-order chi connectivity index (χ0) is 23.9. The first-order valence-electron chi connectivity index (χ1n) is 11.0. The van der Waals surface area contributed by atoms with Crippen molar-refractivity contribution in [2.24, 2.45) is 0 Å². The van der Waals surface area contributed by atoms with Crippen LogP contribution in [-0.4, -0.2) is 21.5 Å². The highest BCUT2D eigenvalue weighted by Crippen LogP contribution is 2.29. The van der Waals surface area contributed by atoms with E-state index in [2.05, 4.69) is 28.9 Å². The first-order valence-corrected chi connectivity index (χ1v) is 11.4. The first kappa shape index (κ1) is 22.7. The molecule has 0 spiro atoms. The van der Waals surface area contributed by atoms with E-state index < -0.39 is 11.8 Å². The summed E-state index contributed by atoms with van der Waals surface area (Å²) in [6.07, 6.45) is 2.58. The number of amides is 2. The summed E-state index contributed by atoms with van der Waals surface area (Å²) >= 11 is 5.37. The van der Waals surface area contributed by atoms with Gasteiger partial charge in [-0.2, -0.15) is 0 Å². The summed E-state index contributed by atoms with van der Waals surface area (Å²) in [4.78, 5) is 27.7. The van der Waals surface area contributed by atoms with Gasteiger partial charge in [0.25, 0.3) is 11.8 Å². The predicted molar refractivity (Wildman–Crippen MR) is 137 cm³/mol. The van der Waals surface area contributed by atoms with Crippen LogP contribution in [0, 0.1) is 27.7 Å². The van der Waals surface area contributed by atoms with Crippen molar-refractivity contribution in [3.63, 3.8) is 0 Å². The van der Waals surface area contributed by atoms with E-state index >= 15 is 0 Å². The molecule has 0 atom stereocenters. The lowest BCUT2D eigenvalue weighted by Crippen LogP contribution is -2.54. The molecule has 3 aromatic rings. The zero-order valence-electron chi connectivity index (χ0n) is 19.5. The van der Waals surface area contributed by atoms with Crippen molar-refractivity contribution in [3.05, 3.63) is 87.7 Å². The normalized spacial score (nSPS) is 15.4. The quantitative estimate of drug-likeness (QED) is 0.337. The summed E-state index contributed by atoms with van der Waals surface area (Å²) in [5, 5.41) is 2.78. The lowest BCUT2D eigenvalue weighted by Gasteiger charge is -2.30. The summed E-state index contributed by atoms with van der Waals surface area (Å²) in [6, 6.07) is 16.1. The highest BCUT2D eigenvalue weighted by molar-refractivity contribution is 7.80. The smallest absolute Gasteiger partial charge is 0.270 e. The minimum atomic E-state index is -0.481. The summed E-state index contributed by atoms with van der Waals surface area (Å²) < 4.78 is 2.17. The number of thiocarbonyl (C=S) groups is 1. The van der Waals surface area contributed by atoms with Gasteiger partial charge in [-0.1, -0.05) is 37.3 Å². The van der Waals surface area contributed by atoms with Crippen molar-refractivity contribution in [2.45, 2.75) is 41.0 Å². The Morgan fingerprint density at radius 1 is 0.970 bits per heavy atom. The second kappa shape index (κ2) is 8.79. The number of nitrogens with zero attached hydrogens (tertiary/aromatic N) is 2. The Morgan fingerprint density at radius 2 is 1.70 bits per heavy atom. The summed E-state index contributed by atoms with van der Waals surface area (Å²) in [5.74, 6) is -0.901. The average Bonchev–Trinajstić information content (AvgIpc) is 3.06. The van der Waals surface area contributed by atoms with Crippen molar-refractivity contribution in [1.82, 2.24) is 9.88 Å². The standard InChI is InChI=1S/C27H27N3O2S/c1-6-20-9-7-8-10-23(20)29-18(4)14-21(19(29)5)15-22-25(31)28-27(33)30(26(22)32)24-13-16(2)11-12-17(24)3/h7-15H,6H2,1-5H3,(H,28,31,33)/b22-15+. The Bertz CT molecular complexity index is 1330. The molecule has 4 rings (SSSR count). The second-order valence-corrected chi connectivity index (χ2v) is 8.78. The minimum Gasteiger partial charge on any atom is -0.318 e. The van der Waals surface area contributed by atoms with Gasteiger partial charge in [-0.05, 0) is 92.9 Å². The monoisotopic (exact) mass is 457 g/mol. The molecule has 0 bridgehead atoms. The molecule has 1 aromatic heterocycles. The maximum Gasteiger partial charge on any atom is 0.270 e. The number of anilines is 1. The van der Waals surface area contributed by atoms with Crippen LogP contribution >= 0.6 is 12.2 Å². The fraction of sp³-hybridized carbons (Fsp3) is 0.222. The number of rotatable bonds is 4. The molecule has 5 nitrogen and oxygen atoms in total. The Hall–Kier alpha value is -3.51. The van der Waals surface area contributed by atoms with E-state index in [1.807, 2.05) is 64.1 Å². The van der Waals surface area contributed by atoms with Crippen LogP contribution in [0.25, 0.3) is 11.8 Å². The van der Waals surface area contributed by atoms with Crippen LogP contribution in [0.3, 0.4) is 0 Å². The lowest BCUT2D eigenvalue weighted by atomic mass is 10.0. The van der Waals surface area contributed by atoms with Crippen LogP contribution < -0.4 is 10.2 Å². The number of carbonyl (C=O) groups excluding carboxylic acids is 2. The van der Waals surface area contributed by atoms with Crippen LogP contribution in [0.2, 0.25) is 0 Å². The molecular weight excluding hydrogens is 430 g/mol. The second-order valence-electron chi connectivity index (χ2n) is 8.39. The zero-order valence-corrected chi connectivity index (χ0v) is 20.3. The van der Waals surface area contributed by atoms with E-state index in [0.717, 1.165) is 40.2 Å². The van der Waals surface area contributed by atoms with Gasteiger partial charge in [0.15, 0.2) is 5.11 Å². The number of para-hydroxylation sites is 1. The van der Waals surface area contributed by atoms with E-state index in [1.54, 1.807) is 6.08 Å². The molecule has 2 amide bonds. The molecule has 1 N–H and O–H groups in total. The number of hydrogen-bond acceptors (Lipinski definition) is 3. The van der Waals surface area contributed by atoms with E-state index in [-0.39, 0.29) is 10.7 Å². The molecule has 6 heteroatoms. The third kappa shape index (κ3) is 4.02. The van der Waals surface area contributed by atoms with Crippen molar-refractivity contribution in [3.8, 4) is 5.69 Å². The number of benzene rings is 2. The maximum atomic E-state index is 13.5. The van der Waals surface area contributed by atoms with Gasteiger partial charge in [-0.3, -0.25) is 19.8 Å².